The first kappa shape index (κ1) is 16.4. The minimum Gasteiger partial charge on any atom is -0.299 e. The average Bonchev–Trinajstić information content (AvgIpc) is 2.65. The summed E-state index contributed by atoms with van der Waals surface area (Å²) in [4.78, 5) is 12.4. The quantitative estimate of drug-likeness (QED) is 0.720. The lowest BCUT2D eigenvalue weighted by Crippen LogP contribution is -2.18. The highest BCUT2D eigenvalue weighted by Crippen LogP contribution is 2.24. The number of nitrogens with zero attached hydrogens (tertiary/aromatic N) is 2. The molecule has 0 radical (unpaired) electrons. The lowest BCUT2D eigenvalue weighted by Gasteiger charge is -2.14. The molecule has 0 aliphatic rings. The summed E-state index contributed by atoms with van der Waals surface area (Å²) in [6.07, 6.45) is 5.53. The molecule has 0 aliphatic carbocycles. The lowest BCUT2D eigenvalue weighted by atomic mass is 9.91. The molecular formula is C15H25BrN2O. The van der Waals surface area contributed by atoms with E-state index in [-0.39, 0.29) is 5.92 Å². The van der Waals surface area contributed by atoms with E-state index < -0.39 is 0 Å². The summed E-state index contributed by atoms with van der Waals surface area (Å²) in [5.74, 6) is 0.567. The van der Waals surface area contributed by atoms with Crippen molar-refractivity contribution < 1.29 is 4.79 Å². The fourth-order valence-corrected chi connectivity index (χ4v) is 3.24. The van der Waals surface area contributed by atoms with Gasteiger partial charge in [-0.1, -0.05) is 33.6 Å². The van der Waals surface area contributed by atoms with Gasteiger partial charge in [-0.15, -0.1) is 0 Å². The van der Waals surface area contributed by atoms with Crippen LogP contribution in [0.25, 0.3) is 0 Å². The number of hydrogen-bond donors (Lipinski definition) is 0. The molecule has 108 valence electrons. The number of rotatable bonds is 8. The molecule has 0 amide bonds. The van der Waals surface area contributed by atoms with Gasteiger partial charge in [-0.2, -0.15) is 5.10 Å². The maximum absolute atomic E-state index is 12.4. The third kappa shape index (κ3) is 4.16. The van der Waals surface area contributed by atoms with Crippen molar-refractivity contribution in [3.63, 3.8) is 0 Å². The van der Waals surface area contributed by atoms with Gasteiger partial charge in [0.25, 0.3) is 0 Å². The summed E-state index contributed by atoms with van der Waals surface area (Å²) in [6.45, 7) is 6.37. The molecule has 0 spiro atoms. The van der Waals surface area contributed by atoms with Gasteiger partial charge >= 0.3 is 0 Å². The number of carbonyl (C=O) groups is 1. The second-order valence-corrected chi connectivity index (χ2v) is 5.89. The van der Waals surface area contributed by atoms with Crippen LogP contribution in [0.4, 0.5) is 0 Å². The topological polar surface area (TPSA) is 34.9 Å². The summed E-state index contributed by atoms with van der Waals surface area (Å²) in [7, 11) is 1.92. The maximum Gasteiger partial charge on any atom is 0.141 e. The number of Topliss-reactive ketones (excluding diaryl/α,β-unsaturated/α-hetero) is 1. The van der Waals surface area contributed by atoms with Gasteiger partial charge in [0.1, 0.15) is 5.78 Å². The molecular weight excluding hydrogens is 304 g/mol. The summed E-state index contributed by atoms with van der Waals surface area (Å²) in [5.41, 5.74) is 2.05. The molecule has 1 aromatic rings. The lowest BCUT2D eigenvalue weighted by molar-refractivity contribution is -0.122. The minimum atomic E-state index is 0.210. The van der Waals surface area contributed by atoms with Crippen molar-refractivity contribution in [2.24, 2.45) is 13.0 Å². The molecule has 0 aromatic carbocycles. The van der Waals surface area contributed by atoms with Gasteiger partial charge in [0.15, 0.2) is 0 Å². The third-order valence-corrected chi connectivity index (χ3v) is 4.49. The molecule has 1 heterocycles. The molecule has 19 heavy (non-hydrogen) atoms. The van der Waals surface area contributed by atoms with Crippen LogP contribution in [0.3, 0.4) is 0 Å². The van der Waals surface area contributed by atoms with E-state index in [1.165, 1.54) is 0 Å². The second kappa shape index (κ2) is 7.83. The van der Waals surface area contributed by atoms with E-state index in [0.717, 1.165) is 48.0 Å². The van der Waals surface area contributed by atoms with E-state index >= 15 is 0 Å². The van der Waals surface area contributed by atoms with E-state index in [2.05, 4.69) is 41.8 Å². The molecule has 0 unspecified atom stereocenters. The van der Waals surface area contributed by atoms with E-state index in [0.29, 0.717) is 12.2 Å². The molecule has 1 aromatic heterocycles. The van der Waals surface area contributed by atoms with Crippen molar-refractivity contribution in [2.45, 2.75) is 59.3 Å². The highest BCUT2D eigenvalue weighted by Gasteiger charge is 2.21. The van der Waals surface area contributed by atoms with Crippen LogP contribution >= 0.6 is 15.9 Å². The fourth-order valence-electron chi connectivity index (χ4n) is 2.48. The van der Waals surface area contributed by atoms with Crippen LogP contribution in [0.5, 0.6) is 0 Å². The molecule has 0 saturated carbocycles. The van der Waals surface area contributed by atoms with Crippen molar-refractivity contribution in [1.29, 1.82) is 0 Å². The van der Waals surface area contributed by atoms with E-state index in [4.69, 9.17) is 0 Å². The van der Waals surface area contributed by atoms with E-state index in [1.54, 1.807) is 0 Å². The van der Waals surface area contributed by atoms with Crippen LogP contribution in [0.2, 0.25) is 0 Å². The number of carbonyl (C=O) groups excluding carboxylic acids is 1. The molecule has 0 bridgehead atoms. The van der Waals surface area contributed by atoms with Crippen LogP contribution in [0.15, 0.2) is 4.47 Å². The smallest absolute Gasteiger partial charge is 0.141 e. The Labute approximate surface area is 124 Å². The predicted molar refractivity (Wildman–Crippen MR) is 82.3 cm³/mol. The number of hydrogen-bond acceptors (Lipinski definition) is 2. The zero-order valence-electron chi connectivity index (χ0n) is 12.5. The summed E-state index contributed by atoms with van der Waals surface area (Å²) >= 11 is 3.58. The molecule has 0 fully saturated rings. The van der Waals surface area contributed by atoms with Gasteiger partial charge in [-0.3, -0.25) is 9.48 Å². The van der Waals surface area contributed by atoms with Crippen molar-refractivity contribution in [2.75, 3.05) is 0 Å². The molecule has 0 aliphatic heterocycles. The Morgan fingerprint density at radius 3 is 2.26 bits per heavy atom. The number of aryl methyl sites for hydroxylation is 2. The molecule has 1 rings (SSSR count). The Bertz CT molecular complexity index is 420. The highest BCUT2D eigenvalue weighted by molar-refractivity contribution is 9.10. The zero-order valence-corrected chi connectivity index (χ0v) is 14.1. The van der Waals surface area contributed by atoms with Crippen LogP contribution in [0, 0.1) is 5.92 Å². The molecule has 0 saturated heterocycles. The number of halogens is 1. The first-order chi connectivity index (χ1) is 9.04. The predicted octanol–water partition coefficient (Wildman–Crippen LogP) is 4.07. The molecule has 0 N–H and O–H groups in total. The van der Waals surface area contributed by atoms with Crippen molar-refractivity contribution in [3.05, 3.63) is 15.9 Å². The van der Waals surface area contributed by atoms with Crippen LogP contribution in [-0.4, -0.2) is 15.6 Å². The fraction of sp³-hybridized carbons (Fsp3) is 0.733. The van der Waals surface area contributed by atoms with Gasteiger partial charge in [0.2, 0.25) is 0 Å². The van der Waals surface area contributed by atoms with Gasteiger partial charge in [0, 0.05) is 19.4 Å². The second-order valence-electron chi connectivity index (χ2n) is 5.10. The van der Waals surface area contributed by atoms with Crippen LogP contribution in [0.1, 0.15) is 57.8 Å². The average molecular weight is 329 g/mol. The van der Waals surface area contributed by atoms with E-state index in [1.807, 2.05) is 11.7 Å². The minimum absolute atomic E-state index is 0.210. The zero-order chi connectivity index (χ0) is 14.4. The SMILES string of the molecule is CCCC(CCC)C(=O)Cc1c(Br)c(CC)nn1C. The first-order valence-electron chi connectivity index (χ1n) is 7.27. The first-order valence-corrected chi connectivity index (χ1v) is 8.07. The maximum atomic E-state index is 12.4. The third-order valence-electron chi connectivity index (χ3n) is 3.57. The van der Waals surface area contributed by atoms with Crippen molar-refractivity contribution in [3.8, 4) is 0 Å². The Kier molecular flexibility index (Phi) is 6.76. The Balaban J connectivity index is 2.83. The molecule has 0 atom stereocenters. The standard InChI is InChI=1S/C15H25BrN2O/c1-5-8-11(9-6-2)14(19)10-13-15(16)12(7-3)17-18(13)4/h11H,5-10H2,1-4H3. The summed E-state index contributed by atoms with van der Waals surface area (Å²) in [6, 6.07) is 0. The van der Waals surface area contributed by atoms with Crippen LogP contribution in [-0.2, 0) is 24.7 Å². The number of aromatic nitrogens is 2. The Hall–Kier alpha value is -0.640. The van der Waals surface area contributed by atoms with Crippen molar-refractivity contribution >= 4 is 21.7 Å². The summed E-state index contributed by atoms with van der Waals surface area (Å²) < 4.78 is 2.85. The molecule has 3 nitrogen and oxygen atoms in total. The monoisotopic (exact) mass is 328 g/mol. The summed E-state index contributed by atoms with van der Waals surface area (Å²) in [5, 5.41) is 4.45. The van der Waals surface area contributed by atoms with Crippen LogP contribution < -0.4 is 0 Å². The van der Waals surface area contributed by atoms with Gasteiger partial charge < -0.3 is 0 Å². The normalized spacial score (nSPS) is 11.3. The highest BCUT2D eigenvalue weighted by atomic mass is 79.9. The largest absolute Gasteiger partial charge is 0.299 e. The van der Waals surface area contributed by atoms with Gasteiger partial charge in [-0.05, 0) is 35.2 Å². The molecule has 4 heteroatoms. The van der Waals surface area contributed by atoms with Gasteiger partial charge in [0.05, 0.1) is 15.9 Å². The van der Waals surface area contributed by atoms with E-state index in [9.17, 15) is 4.79 Å². The Morgan fingerprint density at radius 2 is 1.84 bits per heavy atom. The van der Waals surface area contributed by atoms with Gasteiger partial charge in [-0.25, -0.2) is 0 Å². The Morgan fingerprint density at radius 1 is 1.26 bits per heavy atom. The number of ketones is 1. The van der Waals surface area contributed by atoms with Crippen molar-refractivity contribution in [1.82, 2.24) is 9.78 Å².